The molecule has 8 nitrogen and oxygen atoms in total. The van der Waals surface area contributed by atoms with Gasteiger partial charge in [0.25, 0.3) is 15.9 Å². The van der Waals surface area contributed by atoms with Crippen molar-refractivity contribution in [3.05, 3.63) is 48.0 Å². The molecule has 2 aromatic carbocycles. The number of carbonyl (C=O) groups excluding carboxylic acids is 1. The van der Waals surface area contributed by atoms with Gasteiger partial charge in [0.15, 0.2) is 0 Å². The molecule has 0 aliphatic heterocycles. The number of hydrogen-bond acceptors (Lipinski definition) is 6. The van der Waals surface area contributed by atoms with Crippen molar-refractivity contribution in [3.63, 3.8) is 0 Å². The Morgan fingerprint density at radius 2 is 1.81 bits per heavy atom. The summed E-state index contributed by atoms with van der Waals surface area (Å²) >= 11 is 0. The van der Waals surface area contributed by atoms with Gasteiger partial charge in [0.2, 0.25) is 0 Å². The van der Waals surface area contributed by atoms with Gasteiger partial charge in [-0.15, -0.1) is 13.2 Å². The third-order valence-corrected chi connectivity index (χ3v) is 5.62. The van der Waals surface area contributed by atoms with Crippen molar-refractivity contribution in [2.45, 2.75) is 37.8 Å². The maximum atomic E-state index is 12.9. The standard InChI is InChI=1S/C20H23F3N2O6S/c1-12(2)18(26)19(27)24-14-7-8-17(13(9-14)11-30-3)32(28,29)25-15-5-4-6-16(10-15)31-20(21,22)23/h4-10,12,18,25-26H,11H2,1-3H3,(H,24,27)/t18-/m0/s1. The van der Waals surface area contributed by atoms with E-state index in [2.05, 4.69) is 14.8 Å². The quantitative estimate of drug-likeness (QED) is 0.511. The average molecular weight is 476 g/mol. The lowest BCUT2D eigenvalue weighted by Crippen LogP contribution is -2.32. The number of halogens is 3. The molecule has 0 saturated heterocycles. The zero-order valence-electron chi connectivity index (χ0n) is 17.4. The molecular formula is C20H23F3N2O6S. The molecule has 3 N–H and O–H groups in total. The van der Waals surface area contributed by atoms with Crippen LogP contribution in [0.4, 0.5) is 24.5 Å². The van der Waals surface area contributed by atoms with Crippen molar-refractivity contribution < 1.29 is 41.0 Å². The largest absolute Gasteiger partial charge is 0.573 e. The number of carbonyl (C=O) groups is 1. The van der Waals surface area contributed by atoms with Gasteiger partial charge in [-0.25, -0.2) is 8.42 Å². The van der Waals surface area contributed by atoms with E-state index in [1.165, 1.54) is 37.4 Å². The van der Waals surface area contributed by atoms with Crippen LogP contribution in [-0.4, -0.2) is 39.0 Å². The van der Waals surface area contributed by atoms with Crippen LogP contribution >= 0.6 is 0 Å². The second kappa shape index (κ2) is 10.2. The molecule has 0 unspecified atom stereocenters. The number of methoxy groups -OCH3 is 1. The highest BCUT2D eigenvalue weighted by molar-refractivity contribution is 7.92. The maximum absolute atomic E-state index is 12.9. The predicted molar refractivity (Wildman–Crippen MR) is 111 cm³/mol. The van der Waals surface area contributed by atoms with Gasteiger partial charge < -0.3 is 19.9 Å². The zero-order chi connectivity index (χ0) is 24.1. The van der Waals surface area contributed by atoms with Crippen LogP contribution in [-0.2, 0) is 26.2 Å². The minimum absolute atomic E-state index is 0.135. The van der Waals surface area contributed by atoms with E-state index < -0.39 is 34.1 Å². The van der Waals surface area contributed by atoms with E-state index in [0.717, 1.165) is 12.1 Å². The van der Waals surface area contributed by atoms with Crippen LogP contribution in [0.2, 0.25) is 0 Å². The van der Waals surface area contributed by atoms with E-state index >= 15 is 0 Å². The molecule has 0 aromatic heterocycles. The van der Waals surface area contributed by atoms with Crippen molar-refractivity contribution in [3.8, 4) is 5.75 Å². The Labute approximate surface area is 183 Å². The molecule has 0 spiro atoms. The summed E-state index contributed by atoms with van der Waals surface area (Å²) in [7, 11) is -2.89. The molecule has 0 fully saturated rings. The number of sulfonamides is 1. The van der Waals surface area contributed by atoms with Crippen molar-refractivity contribution in [2.24, 2.45) is 5.92 Å². The Bertz CT molecular complexity index is 1060. The number of amides is 1. The molecule has 0 bridgehead atoms. The lowest BCUT2D eigenvalue weighted by molar-refractivity contribution is -0.274. The van der Waals surface area contributed by atoms with Gasteiger partial charge in [0.05, 0.1) is 17.2 Å². The molecule has 1 atom stereocenters. The number of benzene rings is 2. The highest BCUT2D eigenvalue weighted by Crippen LogP contribution is 2.28. The Hall–Kier alpha value is -2.83. The zero-order valence-corrected chi connectivity index (χ0v) is 18.3. The summed E-state index contributed by atoms with van der Waals surface area (Å²) in [4.78, 5) is 11.9. The summed E-state index contributed by atoms with van der Waals surface area (Å²) in [6, 6.07) is 8.29. The minimum atomic E-state index is -4.92. The van der Waals surface area contributed by atoms with Gasteiger partial charge in [-0.2, -0.15) is 0 Å². The van der Waals surface area contributed by atoms with Gasteiger partial charge in [-0.05, 0) is 36.2 Å². The van der Waals surface area contributed by atoms with Crippen LogP contribution in [0.15, 0.2) is 47.4 Å². The van der Waals surface area contributed by atoms with E-state index in [0.29, 0.717) is 0 Å². The number of alkyl halides is 3. The van der Waals surface area contributed by atoms with Crippen LogP contribution in [0.3, 0.4) is 0 Å². The smallest absolute Gasteiger partial charge is 0.406 e. The number of anilines is 2. The van der Waals surface area contributed by atoms with E-state index in [-0.39, 0.29) is 34.4 Å². The number of aliphatic hydroxyl groups is 1. The summed E-state index contributed by atoms with van der Waals surface area (Å²) < 4.78 is 74.0. The predicted octanol–water partition coefficient (Wildman–Crippen LogP) is 3.49. The number of rotatable bonds is 9. The van der Waals surface area contributed by atoms with Gasteiger partial charge in [-0.1, -0.05) is 19.9 Å². The number of ether oxygens (including phenoxy) is 2. The molecule has 176 valence electrons. The first-order valence-corrected chi connectivity index (χ1v) is 10.8. The second-order valence-corrected chi connectivity index (χ2v) is 8.77. The summed E-state index contributed by atoms with van der Waals surface area (Å²) in [6.07, 6.45) is -6.18. The fourth-order valence-electron chi connectivity index (χ4n) is 2.67. The SMILES string of the molecule is COCc1cc(NC(=O)[C@@H](O)C(C)C)ccc1S(=O)(=O)Nc1cccc(OC(F)(F)F)c1. The Morgan fingerprint density at radius 3 is 2.41 bits per heavy atom. The molecule has 0 heterocycles. The molecule has 2 aromatic rings. The molecular weight excluding hydrogens is 453 g/mol. The molecule has 1 amide bonds. The van der Waals surface area contributed by atoms with Crippen LogP contribution in [0.5, 0.6) is 5.75 Å². The molecule has 0 saturated carbocycles. The number of nitrogens with one attached hydrogen (secondary N) is 2. The molecule has 0 aliphatic carbocycles. The normalized spacial score (nSPS) is 13.0. The maximum Gasteiger partial charge on any atom is 0.573 e. The third kappa shape index (κ3) is 7.11. The third-order valence-electron chi connectivity index (χ3n) is 4.14. The average Bonchev–Trinajstić information content (AvgIpc) is 2.66. The Morgan fingerprint density at radius 1 is 1.12 bits per heavy atom. The van der Waals surface area contributed by atoms with Crippen LogP contribution < -0.4 is 14.8 Å². The second-order valence-electron chi connectivity index (χ2n) is 7.11. The van der Waals surface area contributed by atoms with Gasteiger partial charge >= 0.3 is 6.36 Å². The highest BCUT2D eigenvalue weighted by Gasteiger charge is 2.31. The van der Waals surface area contributed by atoms with Crippen LogP contribution in [0, 0.1) is 5.92 Å². The fourth-order valence-corrected chi connectivity index (χ4v) is 3.93. The highest BCUT2D eigenvalue weighted by atomic mass is 32.2. The van der Waals surface area contributed by atoms with Crippen LogP contribution in [0.25, 0.3) is 0 Å². The molecule has 0 radical (unpaired) electrons. The Kier molecular flexibility index (Phi) is 8.10. The fraction of sp³-hybridized carbons (Fsp3) is 0.350. The molecule has 2 rings (SSSR count). The van der Waals surface area contributed by atoms with Crippen molar-refractivity contribution in [1.82, 2.24) is 0 Å². The van der Waals surface area contributed by atoms with E-state index in [4.69, 9.17) is 4.74 Å². The number of hydrogen-bond donors (Lipinski definition) is 3. The molecule has 0 aliphatic rings. The lowest BCUT2D eigenvalue weighted by Gasteiger charge is -2.17. The lowest BCUT2D eigenvalue weighted by atomic mass is 10.1. The van der Waals surface area contributed by atoms with E-state index in [9.17, 15) is 31.5 Å². The van der Waals surface area contributed by atoms with Crippen molar-refractivity contribution in [2.75, 3.05) is 17.1 Å². The van der Waals surface area contributed by atoms with E-state index in [1.807, 2.05) is 0 Å². The number of aliphatic hydroxyl groups excluding tert-OH is 1. The molecule has 32 heavy (non-hydrogen) atoms. The summed E-state index contributed by atoms with van der Waals surface area (Å²) in [5.41, 5.74) is 0.272. The summed E-state index contributed by atoms with van der Waals surface area (Å²) in [6.45, 7) is 3.19. The van der Waals surface area contributed by atoms with Gasteiger partial charge in [0.1, 0.15) is 11.9 Å². The molecule has 12 heteroatoms. The topological polar surface area (TPSA) is 114 Å². The first-order valence-electron chi connectivity index (χ1n) is 9.32. The Balaban J connectivity index is 2.31. The monoisotopic (exact) mass is 476 g/mol. The van der Waals surface area contributed by atoms with Crippen molar-refractivity contribution >= 4 is 27.3 Å². The van der Waals surface area contributed by atoms with Gasteiger partial charge in [-0.3, -0.25) is 9.52 Å². The first kappa shape index (κ1) is 25.4. The van der Waals surface area contributed by atoms with Crippen molar-refractivity contribution in [1.29, 1.82) is 0 Å². The summed E-state index contributed by atoms with van der Waals surface area (Å²) in [5, 5.41) is 12.3. The first-order chi connectivity index (χ1) is 14.8. The van der Waals surface area contributed by atoms with Crippen LogP contribution in [0.1, 0.15) is 19.4 Å². The minimum Gasteiger partial charge on any atom is -0.406 e. The van der Waals surface area contributed by atoms with Gasteiger partial charge in [0, 0.05) is 24.4 Å². The summed E-state index contributed by atoms with van der Waals surface area (Å²) in [5.74, 6) is -1.57. The van der Waals surface area contributed by atoms with E-state index in [1.54, 1.807) is 13.8 Å².